The molecule has 3 nitrogen and oxygen atoms in total. The molecule has 0 spiro atoms. The highest BCUT2D eigenvalue weighted by Crippen LogP contribution is 2.14. The molecule has 3 N–H and O–H groups in total. The standard InChI is InChI=1S/C13H21ClN2O/c1-17-13-8-5-11(6-9-13)4-7-12(16-15)3-2-10-14/h5-6,8-9,12,16H,2-4,7,10,15H2,1H3. The quantitative estimate of drug-likeness (QED) is 0.427. The molecular weight excluding hydrogens is 236 g/mol. The Morgan fingerprint density at radius 3 is 2.53 bits per heavy atom. The fourth-order valence-electron chi connectivity index (χ4n) is 1.77. The van der Waals surface area contributed by atoms with Gasteiger partial charge < -0.3 is 4.74 Å². The Hall–Kier alpha value is -0.770. The Morgan fingerprint density at radius 1 is 1.29 bits per heavy atom. The van der Waals surface area contributed by atoms with E-state index in [0.717, 1.165) is 31.4 Å². The second-order valence-corrected chi connectivity index (χ2v) is 4.46. The summed E-state index contributed by atoms with van der Waals surface area (Å²) in [6.45, 7) is 0. The summed E-state index contributed by atoms with van der Waals surface area (Å²) in [7, 11) is 1.68. The zero-order valence-electron chi connectivity index (χ0n) is 10.3. The number of rotatable bonds is 8. The molecule has 96 valence electrons. The van der Waals surface area contributed by atoms with Gasteiger partial charge in [-0.15, -0.1) is 11.6 Å². The van der Waals surface area contributed by atoms with Gasteiger partial charge in [-0.1, -0.05) is 12.1 Å². The molecule has 1 atom stereocenters. The highest BCUT2D eigenvalue weighted by molar-refractivity contribution is 6.17. The van der Waals surface area contributed by atoms with Crippen molar-refractivity contribution in [1.29, 1.82) is 0 Å². The highest BCUT2D eigenvalue weighted by Gasteiger charge is 2.06. The molecule has 1 aromatic rings. The molecule has 1 rings (SSSR count). The first-order valence-corrected chi connectivity index (χ1v) is 6.48. The van der Waals surface area contributed by atoms with Crippen molar-refractivity contribution in [2.24, 2.45) is 5.84 Å². The third-order valence-corrected chi connectivity index (χ3v) is 3.13. The number of hydrazine groups is 1. The van der Waals surface area contributed by atoms with Crippen LogP contribution < -0.4 is 16.0 Å². The Kier molecular flexibility index (Phi) is 7.01. The molecule has 0 amide bonds. The van der Waals surface area contributed by atoms with Crippen molar-refractivity contribution in [3.8, 4) is 5.75 Å². The highest BCUT2D eigenvalue weighted by atomic mass is 35.5. The molecule has 0 fully saturated rings. The Morgan fingerprint density at radius 2 is 2.00 bits per heavy atom. The number of hydrogen-bond donors (Lipinski definition) is 2. The molecule has 0 aliphatic carbocycles. The van der Waals surface area contributed by atoms with Crippen LogP contribution in [0.5, 0.6) is 5.75 Å². The number of benzene rings is 1. The minimum Gasteiger partial charge on any atom is -0.497 e. The lowest BCUT2D eigenvalue weighted by Crippen LogP contribution is -2.35. The van der Waals surface area contributed by atoms with Crippen LogP contribution in [0.25, 0.3) is 0 Å². The minimum atomic E-state index is 0.343. The molecule has 0 aliphatic heterocycles. The number of halogens is 1. The number of hydrogen-bond acceptors (Lipinski definition) is 3. The first-order valence-electron chi connectivity index (χ1n) is 5.95. The van der Waals surface area contributed by atoms with Crippen LogP contribution in [0, 0.1) is 0 Å². The van der Waals surface area contributed by atoms with E-state index in [4.69, 9.17) is 22.2 Å². The van der Waals surface area contributed by atoms with E-state index in [0.29, 0.717) is 11.9 Å². The van der Waals surface area contributed by atoms with Crippen LogP contribution in [0.2, 0.25) is 0 Å². The van der Waals surface area contributed by atoms with E-state index in [1.165, 1.54) is 5.56 Å². The number of nitrogens with two attached hydrogens (primary N) is 1. The van der Waals surface area contributed by atoms with Gasteiger partial charge in [0.05, 0.1) is 7.11 Å². The lowest BCUT2D eigenvalue weighted by Gasteiger charge is -2.15. The summed E-state index contributed by atoms with van der Waals surface area (Å²) in [5.41, 5.74) is 4.15. The summed E-state index contributed by atoms with van der Waals surface area (Å²) in [6.07, 6.45) is 4.07. The van der Waals surface area contributed by atoms with Crippen molar-refractivity contribution in [3.63, 3.8) is 0 Å². The van der Waals surface area contributed by atoms with Crippen LogP contribution in [0.1, 0.15) is 24.8 Å². The Balaban J connectivity index is 2.36. The molecule has 1 unspecified atom stereocenters. The van der Waals surface area contributed by atoms with E-state index in [2.05, 4.69) is 17.6 Å². The van der Waals surface area contributed by atoms with Gasteiger partial charge in [0.2, 0.25) is 0 Å². The fourth-order valence-corrected chi connectivity index (χ4v) is 1.92. The molecule has 0 aromatic heterocycles. The van der Waals surface area contributed by atoms with Crippen LogP contribution in [-0.4, -0.2) is 19.0 Å². The molecule has 0 aliphatic rings. The van der Waals surface area contributed by atoms with Crippen LogP contribution in [0.3, 0.4) is 0 Å². The molecule has 0 radical (unpaired) electrons. The second kappa shape index (κ2) is 8.34. The molecular formula is C13H21ClN2O. The summed E-state index contributed by atoms with van der Waals surface area (Å²) < 4.78 is 5.12. The first kappa shape index (κ1) is 14.3. The predicted octanol–water partition coefficient (Wildman–Crippen LogP) is 2.48. The van der Waals surface area contributed by atoms with Crippen molar-refractivity contribution in [2.45, 2.75) is 31.7 Å². The topological polar surface area (TPSA) is 47.3 Å². The maximum Gasteiger partial charge on any atom is 0.118 e. The zero-order chi connectivity index (χ0) is 12.5. The molecule has 4 heteroatoms. The SMILES string of the molecule is COc1ccc(CCC(CCCCl)NN)cc1. The number of alkyl halides is 1. The van der Waals surface area contributed by atoms with Crippen molar-refractivity contribution in [2.75, 3.05) is 13.0 Å². The summed E-state index contributed by atoms with van der Waals surface area (Å²) in [5, 5.41) is 0. The van der Waals surface area contributed by atoms with Crippen LogP contribution >= 0.6 is 11.6 Å². The maximum atomic E-state index is 5.67. The molecule has 0 heterocycles. The molecule has 0 saturated heterocycles. The van der Waals surface area contributed by atoms with Crippen LogP contribution in [0.4, 0.5) is 0 Å². The van der Waals surface area contributed by atoms with Crippen molar-refractivity contribution in [3.05, 3.63) is 29.8 Å². The lowest BCUT2D eigenvalue weighted by molar-refractivity contribution is 0.414. The van der Waals surface area contributed by atoms with E-state index in [9.17, 15) is 0 Å². The van der Waals surface area contributed by atoms with Gasteiger partial charge in [-0.05, 0) is 43.4 Å². The Bertz CT molecular complexity index is 303. The average Bonchev–Trinajstić information content (AvgIpc) is 2.39. The minimum absolute atomic E-state index is 0.343. The van der Waals surface area contributed by atoms with Gasteiger partial charge in [0.1, 0.15) is 5.75 Å². The van der Waals surface area contributed by atoms with Gasteiger partial charge in [0.15, 0.2) is 0 Å². The van der Waals surface area contributed by atoms with E-state index >= 15 is 0 Å². The summed E-state index contributed by atoms with van der Waals surface area (Å²) in [4.78, 5) is 0. The van der Waals surface area contributed by atoms with E-state index < -0.39 is 0 Å². The van der Waals surface area contributed by atoms with Gasteiger partial charge in [0, 0.05) is 11.9 Å². The molecule has 0 bridgehead atoms. The van der Waals surface area contributed by atoms with Crippen LogP contribution in [-0.2, 0) is 6.42 Å². The van der Waals surface area contributed by atoms with Gasteiger partial charge in [-0.2, -0.15) is 0 Å². The van der Waals surface area contributed by atoms with Gasteiger partial charge in [-0.25, -0.2) is 0 Å². The summed E-state index contributed by atoms with van der Waals surface area (Å²) in [6, 6.07) is 8.50. The third kappa shape index (κ3) is 5.39. The van der Waals surface area contributed by atoms with Crippen molar-refractivity contribution >= 4 is 11.6 Å². The third-order valence-electron chi connectivity index (χ3n) is 2.86. The van der Waals surface area contributed by atoms with E-state index in [-0.39, 0.29) is 0 Å². The van der Waals surface area contributed by atoms with Crippen molar-refractivity contribution in [1.82, 2.24) is 5.43 Å². The van der Waals surface area contributed by atoms with E-state index in [1.807, 2.05) is 12.1 Å². The van der Waals surface area contributed by atoms with Crippen LogP contribution in [0.15, 0.2) is 24.3 Å². The molecule has 17 heavy (non-hydrogen) atoms. The lowest BCUT2D eigenvalue weighted by atomic mass is 10.0. The average molecular weight is 257 g/mol. The summed E-state index contributed by atoms with van der Waals surface area (Å²) >= 11 is 5.67. The monoisotopic (exact) mass is 256 g/mol. The second-order valence-electron chi connectivity index (χ2n) is 4.08. The smallest absolute Gasteiger partial charge is 0.118 e. The first-order chi connectivity index (χ1) is 8.30. The fraction of sp³-hybridized carbons (Fsp3) is 0.538. The number of nitrogens with one attached hydrogen (secondary N) is 1. The zero-order valence-corrected chi connectivity index (χ0v) is 11.0. The molecule has 1 aromatic carbocycles. The largest absolute Gasteiger partial charge is 0.497 e. The van der Waals surface area contributed by atoms with Gasteiger partial charge in [-0.3, -0.25) is 11.3 Å². The maximum absolute atomic E-state index is 5.67. The number of aryl methyl sites for hydroxylation is 1. The number of ether oxygens (including phenoxy) is 1. The normalized spacial score (nSPS) is 12.4. The van der Waals surface area contributed by atoms with Gasteiger partial charge in [0.25, 0.3) is 0 Å². The predicted molar refractivity (Wildman–Crippen MR) is 72.4 cm³/mol. The molecule has 0 saturated carbocycles. The Labute approximate surface area is 108 Å². The summed E-state index contributed by atoms with van der Waals surface area (Å²) in [5.74, 6) is 7.10. The number of methoxy groups -OCH3 is 1. The van der Waals surface area contributed by atoms with Crippen molar-refractivity contribution < 1.29 is 4.74 Å². The van der Waals surface area contributed by atoms with E-state index in [1.54, 1.807) is 7.11 Å². The van der Waals surface area contributed by atoms with Gasteiger partial charge >= 0.3 is 0 Å².